The Bertz CT molecular complexity index is 1140. The summed E-state index contributed by atoms with van der Waals surface area (Å²) in [6.07, 6.45) is 4.92. The smallest absolute Gasteiger partial charge is 0.327 e. The molecule has 2 heterocycles. The average molecular weight is 607 g/mol. The fourth-order valence-electron chi connectivity index (χ4n) is 6.07. The van der Waals surface area contributed by atoms with Gasteiger partial charge in [-0.25, -0.2) is 4.79 Å². The number of benzene rings is 1. The Kier molecular flexibility index (Phi) is 10.5. The van der Waals surface area contributed by atoms with Gasteiger partial charge in [0.15, 0.2) is 0 Å². The highest BCUT2D eigenvalue weighted by Crippen LogP contribution is 2.40. The van der Waals surface area contributed by atoms with Crippen LogP contribution in [0.3, 0.4) is 0 Å². The molecule has 0 radical (unpaired) electrons. The maximum atomic E-state index is 13.7. The molecule has 224 valence electrons. The predicted octanol–water partition coefficient (Wildman–Crippen LogP) is 2.00. The molecule has 4 amide bonds. The maximum Gasteiger partial charge on any atom is 0.327 e. The summed E-state index contributed by atoms with van der Waals surface area (Å²) < 4.78 is 0. The second-order valence-electron chi connectivity index (χ2n) is 11.0. The van der Waals surface area contributed by atoms with Crippen LogP contribution in [0.5, 0.6) is 5.75 Å². The van der Waals surface area contributed by atoms with Gasteiger partial charge in [-0.05, 0) is 43.4 Å². The molecular formula is C28H38N4O7S2. The molecule has 1 spiro atoms. The number of phenolic OH excluding ortho intramolecular Hbond substituents is 1. The van der Waals surface area contributed by atoms with Gasteiger partial charge in [0, 0.05) is 37.4 Å². The van der Waals surface area contributed by atoms with Crippen LogP contribution in [-0.4, -0.2) is 87.4 Å². The van der Waals surface area contributed by atoms with Crippen molar-refractivity contribution in [2.45, 2.75) is 75.9 Å². The number of carbonyl (C=O) groups is 5. The van der Waals surface area contributed by atoms with Crippen LogP contribution in [0.15, 0.2) is 24.3 Å². The quantitative estimate of drug-likeness (QED) is 0.322. The minimum absolute atomic E-state index is 0.100. The first-order valence-corrected chi connectivity index (χ1v) is 16.5. The Morgan fingerprint density at radius 2 is 1.71 bits per heavy atom. The number of nitrogens with one attached hydrogen (secondary N) is 3. The van der Waals surface area contributed by atoms with Crippen LogP contribution >= 0.6 is 21.6 Å². The lowest BCUT2D eigenvalue weighted by Crippen LogP contribution is -2.55. The Hall–Kier alpha value is -2.93. The van der Waals surface area contributed by atoms with Crippen LogP contribution in [0.25, 0.3) is 0 Å². The Balaban J connectivity index is 1.52. The molecule has 1 aromatic rings. The van der Waals surface area contributed by atoms with Gasteiger partial charge in [-0.1, -0.05) is 53.0 Å². The molecule has 4 rings (SSSR count). The number of carbonyl (C=O) groups excluding carboxylic acids is 4. The molecule has 2 aliphatic heterocycles. The highest BCUT2D eigenvalue weighted by molar-refractivity contribution is 8.76. The van der Waals surface area contributed by atoms with E-state index in [1.54, 1.807) is 24.3 Å². The molecule has 41 heavy (non-hydrogen) atoms. The number of carboxylic acids is 1. The van der Waals surface area contributed by atoms with E-state index in [1.165, 1.54) is 33.4 Å². The van der Waals surface area contributed by atoms with E-state index >= 15 is 0 Å². The van der Waals surface area contributed by atoms with E-state index in [4.69, 9.17) is 0 Å². The molecule has 13 heteroatoms. The van der Waals surface area contributed by atoms with E-state index in [0.717, 1.165) is 24.8 Å². The van der Waals surface area contributed by atoms with Crippen molar-refractivity contribution in [3.8, 4) is 5.75 Å². The fourth-order valence-corrected chi connectivity index (χ4v) is 8.39. The van der Waals surface area contributed by atoms with Crippen LogP contribution in [0, 0.1) is 5.41 Å². The Labute approximate surface area is 247 Å². The summed E-state index contributed by atoms with van der Waals surface area (Å²) in [5.41, 5.74) is 0.0678. The van der Waals surface area contributed by atoms with Gasteiger partial charge in [0.25, 0.3) is 0 Å². The van der Waals surface area contributed by atoms with Crippen molar-refractivity contribution in [3.63, 3.8) is 0 Å². The fraction of sp³-hybridized carbons (Fsp3) is 0.607. The monoisotopic (exact) mass is 606 g/mol. The minimum Gasteiger partial charge on any atom is -0.508 e. The van der Waals surface area contributed by atoms with E-state index < -0.39 is 35.4 Å². The predicted molar refractivity (Wildman–Crippen MR) is 156 cm³/mol. The van der Waals surface area contributed by atoms with Gasteiger partial charge in [0.2, 0.25) is 23.6 Å². The van der Waals surface area contributed by atoms with E-state index in [9.17, 15) is 34.2 Å². The summed E-state index contributed by atoms with van der Waals surface area (Å²) in [6, 6.07) is 3.74. The van der Waals surface area contributed by atoms with Crippen molar-refractivity contribution in [1.29, 1.82) is 0 Å². The molecule has 0 bridgehead atoms. The molecule has 1 aromatic carbocycles. The lowest BCUT2D eigenvalue weighted by Gasteiger charge is -2.36. The third kappa shape index (κ3) is 7.48. The van der Waals surface area contributed by atoms with Gasteiger partial charge < -0.3 is 31.1 Å². The lowest BCUT2D eigenvalue weighted by molar-refractivity contribution is -0.144. The van der Waals surface area contributed by atoms with E-state index in [-0.39, 0.29) is 47.4 Å². The van der Waals surface area contributed by atoms with Crippen molar-refractivity contribution in [2.24, 2.45) is 5.41 Å². The van der Waals surface area contributed by atoms with Crippen molar-refractivity contribution in [3.05, 3.63) is 29.8 Å². The highest BCUT2D eigenvalue weighted by atomic mass is 33.1. The highest BCUT2D eigenvalue weighted by Gasteiger charge is 2.43. The number of carboxylic acid groups (broad SMARTS) is 1. The summed E-state index contributed by atoms with van der Waals surface area (Å²) in [6.45, 7) is 2.01. The molecule has 1 aliphatic carbocycles. The number of aliphatic carboxylic acids is 1. The van der Waals surface area contributed by atoms with Crippen LogP contribution in [-0.2, 0) is 24.0 Å². The molecule has 11 nitrogen and oxygen atoms in total. The topological polar surface area (TPSA) is 165 Å². The zero-order valence-corrected chi connectivity index (χ0v) is 24.7. The first kappa shape index (κ1) is 31.0. The molecule has 1 saturated carbocycles. The van der Waals surface area contributed by atoms with Crippen molar-refractivity contribution >= 4 is 51.2 Å². The number of likely N-dealkylation sites (tertiary alicyclic amines) is 1. The number of aromatic hydroxyl groups is 1. The molecular weight excluding hydrogens is 568 g/mol. The number of rotatable bonds is 4. The maximum absolute atomic E-state index is 13.7. The summed E-state index contributed by atoms with van der Waals surface area (Å²) in [5, 5.41) is 27.9. The Morgan fingerprint density at radius 3 is 2.37 bits per heavy atom. The second-order valence-corrected chi connectivity index (χ2v) is 13.6. The number of phenols is 1. The first-order chi connectivity index (χ1) is 19.6. The van der Waals surface area contributed by atoms with Gasteiger partial charge >= 0.3 is 5.97 Å². The number of hydrogen-bond acceptors (Lipinski definition) is 8. The first-order valence-electron chi connectivity index (χ1n) is 14.0. The standard InChI is InChI=1S/C28H38N4O7S2/c1-17(33)32-14-9-20(18-5-7-19(34)8-6-18)23(32)25(36)30-21-15-40-41-16-22(26(37)38)31-27(39)28(10-3-2-4-11-28)12-13-29-24(21)35/h5-8,20-23,34H,2-4,9-16H2,1H3,(H,29,35)(H,30,36)(H,31,39)(H,37,38)/t20-,21+,22+,23+/m1/s1. The lowest BCUT2D eigenvalue weighted by atomic mass is 9.71. The largest absolute Gasteiger partial charge is 0.508 e. The molecule has 3 fully saturated rings. The zero-order chi connectivity index (χ0) is 29.6. The SMILES string of the molecule is CC(=O)N1CC[C@H](c2ccc(O)cc2)[C@H]1C(=O)N[C@H]1CSSC[C@@H](C(=O)O)NC(=O)C2(CCCCC2)CCNC1=O. The van der Waals surface area contributed by atoms with Gasteiger partial charge in [0.05, 0.1) is 5.41 Å². The molecule has 0 aromatic heterocycles. The van der Waals surface area contributed by atoms with Crippen molar-refractivity contribution in [2.75, 3.05) is 24.6 Å². The third-order valence-corrected chi connectivity index (χ3v) is 10.8. The molecule has 2 saturated heterocycles. The van der Waals surface area contributed by atoms with E-state index in [2.05, 4.69) is 16.0 Å². The normalized spacial score (nSPS) is 27.5. The van der Waals surface area contributed by atoms with E-state index in [0.29, 0.717) is 32.2 Å². The zero-order valence-electron chi connectivity index (χ0n) is 23.1. The molecule has 5 N–H and O–H groups in total. The summed E-state index contributed by atoms with van der Waals surface area (Å²) in [4.78, 5) is 66.2. The Morgan fingerprint density at radius 1 is 1.02 bits per heavy atom. The summed E-state index contributed by atoms with van der Waals surface area (Å²) >= 11 is 0. The third-order valence-electron chi connectivity index (χ3n) is 8.38. The van der Waals surface area contributed by atoms with Crippen LogP contribution in [0.2, 0.25) is 0 Å². The second kappa shape index (κ2) is 13.8. The van der Waals surface area contributed by atoms with Crippen molar-refractivity contribution in [1.82, 2.24) is 20.9 Å². The van der Waals surface area contributed by atoms with Crippen LogP contribution in [0.4, 0.5) is 0 Å². The van der Waals surface area contributed by atoms with E-state index in [1.807, 2.05) is 0 Å². The van der Waals surface area contributed by atoms with Crippen LogP contribution in [0.1, 0.15) is 63.4 Å². The molecule has 4 atom stereocenters. The number of nitrogens with zero attached hydrogens (tertiary/aromatic N) is 1. The average Bonchev–Trinajstić information content (AvgIpc) is 3.40. The minimum atomic E-state index is -1.11. The summed E-state index contributed by atoms with van der Waals surface area (Å²) in [7, 11) is 2.46. The van der Waals surface area contributed by atoms with Crippen LogP contribution < -0.4 is 16.0 Å². The number of hydrogen-bond donors (Lipinski definition) is 5. The number of amides is 4. The summed E-state index contributed by atoms with van der Waals surface area (Å²) in [5.74, 6) is -2.41. The van der Waals surface area contributed by atoms with Gasteiger partial charge in [-0.15, -0.1) is 0 Å². The molecule has 3 aliphatic rings. The van der Waals surface area contributed by atoms with Gasteiger partial charge in [-0.2, -0.15) is 0 Å². The van der Waals surface area contributed by atoms with Crippen molar-refractivity contribution < 1.29 is 34.2 Å². The molecule has 0 unspecified atom stereocenters. The van der Waals surface area contributed by atoms with Gasteiger partial charge in [0.1, 0.15) is 23.9 Å². The van der Waals surface area contributed by atoms with Gasteiger partial charge in [-0.3, -0.25) is 19.2 Å².